The van der Waals surface area contributed by atoms with Gasteiger partial charge in [0.15, 0.2) is 9.84 Å². The summed E-state index contributed by atoms with van der Waals surface area (Å²) in [6.45, 7) is 0.477. The van der Waals surface area contributed by atoms with Gasteiger partial charge in [-0.05, 0) is 41.5 Å². The minimum absolute atomic E-state index is 0.152. The highest BCUT2D eigenvalue weighted by atomic mass is 32.2. The number of aromatic nitrogens is 3. The maximum absolute atomic E-state index is 13.1. The fourth-order valence-electron chi connectivity index (χ4n) is 4.29. The maximum Gasteiger partial charge on any atom is 0.272 e. The quantitative estimate of drug-likeness (QED) is 0.601. The van der Waals surface area contributed by atoms with Gasteiger partial charge in [-0.2, -0.15) is 9.49 Å². The fourth-order valence-corrected chi connectivity index (χ4v) is 6.45. The highest BCUT2D eigenvalue weighted by Crippen LogP contribution is 2.46. The predicted octanol–water partition coefficient (Wildman–Crippen LogP) is 2.02. The molecule has 1 amide bonds. The summed E-state index contributed by atoms with van der Waals surface area (Å²) in [6.07, 6.45) is 2.96. The first-order valence-electron chi connectivity index (χ1n) is 9.13. The lowest BCUT2D eigenvalue weighted by Gasteiger charge is -2.18. The van der Waals surface area contributed by atoms with Crippen LogP contribution in [0.25, 0.3) is 11.1 Å². The Hall–Kier alpha value is -3.07. The Balaban J connectivity index is 1.52. The molecule has 1 fully saturated rings. The summed E-state index contributed by atoms with van der Waals surface area (Å²) in [5.74, 6) is -1.09. The lowest BCUT2D eigenvalue weighted by Crippen LogP contribution is -2.32. The molecule has 2 atom stereocenters. The number of pyridine rings is 1. The first kappa shape index (κ1) is 18.0. The molecular weight excluding hydrogens is 395 g/mol. The van der Waals surface area contributed by atoms with Crippen molar-refractivity contribution in [2.75, 3.05) is 13.1 Å². The van der Waals surface area contributed by atoms with Crippen molar-refractivity contribution in [3.8, 4) is 11.1 Å². The van der Waals surface area contributed by atoms with Crippen LogP contribution in [0.4, 0.5) is 4.39 Å². The number of nitrogens with zero attached hydrogens (tertiary/aromatic N) is 4. The van der Waals surface area contributed by atoms with Crippen molar-refractivity contribution >= 4 is 15.7 Å². The van der Waals surface area contributed by atoms with Gasteiger partial charge in [0.1, 0.15) is 5.69 Å². The third-order valence-electron chi connectivity index (χ3n) is 5.77. The maximum atomic E-state index is 13.1. The van der Waals surface area contributed by atoms with Crippen molar-refractivity contribution in [2.45, 2.75) is 16.1 Å². The number of hydrogen-bond donors (Lipinski definition) is 0. The van der Waals surface area contributed by atoms with E-state index in [0.717, 1.165) is 5.56 Å². The summed E-state index contributed by atoms with van der Waals surface area (Å²) in [6, 6.07) is 9.65. The van der Waals surface area contributed by atoms with Crippen molar-refractivity contribution in [3.05, 3.63) is 66.0 Å². The molecule has 0 unspecified atom stereocenters. The second-order valence-electron chi connectivity index (χ2n) is 7.36. The molecule has 5 rings (SSSR count). The van der Waals surface area contributed by atoms with E-state index in [1.807, 2.05) is 6.07 Å². The molecule has 0 aliphatic carbocycles. The Kier molecular flexibility index (Phi) is 3.86. The summed E-state index contributed by atoms with van der Waals surface area (Å²) < 4.78 is 40.7. The van der Waals surface area contributed by atoms with Crippen LogP contribution in [-0.4, -0.2) is 52.3 Å². The van der Waals surface area contributed by atoms with E-state index in [4.69, 9.17) is 0 Å². The molecule has 4 heterocycles. The number of likely N-dealkylation sites (tertiary alicyclic amines) is 1. The first-order chi connectivity index (χ1) is 13.9. The van der Waals surface area contributed by atoms with Crippen LogP contribution in [0.5, 0.6) is 0 Å². The molecule has 1 saturated heterocycles. The molecule has 29 heavy (non-hydrogen) atoms. The van der Waals surface area contributed by atoms with Gasteiger partial charge in [0.25, 0.3) is 5.91 Å². The van der Waals surface area contributed by atoms with Crippen LogP contribution < -0.4 is 0 Å². The zero-order valence-electron chi connectivity index (χ0n) is 15.5. The average Bonchev–Trinajstić information content (AvgIpc) is 3.38. The number of halogens is 1. The van der Waals surface area contributed by atoms with E-state index in [2.05, 4.69) is 10.1 Å². The van der Waals surface area contributed by atoms with E-state index < -0.39 is 21.0 Å². The Morgan fingerprint density at radius 3 is 2.62 bits per heavy atom. The first-order valence-corrected chi connectivity index (χ1v) is 10.7. The number of hydrogen-bond acceptors (Lipinski definition) is 5. The predicted molar refractivity (Wildman–Crippen MR) is 102 cm³/mol. The number of aryl methyl sites for hydroxylation is 1. The topological polar surface area (TPSA) is 85.2 Å². The third-order valence-corrected chi connectivity index (χ3v) is 8.03. The highest BCUT2D eigenvalue weighted by molar-refractivity contribution is 7.92. The number of sulfone groups is 1. The summed E-state index contributed by atoms with van der Waals surface area (Å²) >= 11 is 0. The molecule has 0 N–H and O–H groups in total. The Labute approximate surface area is 166 Å². The molecule has 148 valence electrons. The van der Waals surface area contributed by atoms with Gasteiger partial charge in [-0.15, -0.1) is 0 Å². The fraction of sp³-hybridized carbons (Fsp3) is 0.250. The number of rotatable bonds is 2. The van der Waals surface area contributed by atoms with Crippen LogP contribution in [0.1, 0.15) is 22.0 Å². The smallest absolute Gasteiger partial charge is 0.272 e. The monoisotopic (exact) mass is 412 g/mol. The lowest BCUT2D eigenvalue weighted by molar-refractivity contribution is 0.0780. The van der Waals surface area contributed by atoms with Gasteiger partial charge >= 0.3 is 0 Å². The minimum Gasteiger partial charge on any atom is -0.335 e. The Morgan fingerprint density at radius 1 is 1.14 bits per heavy atom. The van der Waals surface area contributed by atoms with Crippen molar-refractivity contribution in [3.63, 3.8) is 0 Å². The van der Waals surface area contributed by atoms with E-state index in [-0.39, 0.29) is 18.4 Å². The normalized spacial score (nSPS) is 21.8. The van der Waals surface area contributed by atoms with Crippen LogP contribution >= 0.6 is 0 Å². The molecular formula is C20H17FN4O3S. The molecule has 0 radical (unpaired) electrons. The highest BCUT2D eigenvalue weighted by Gasteiger charge is 2.51. The summed E-state index contributed by atoms with van der Waals surface area (Å²) in [5.41, 5.74) is 2.60. The minimum atomic E-state index is -3.53. The molecule has 1 aromatic carbocycles. The van der Waals surface area contributed by atoms with Gasteiger partial charge < -0.3 is 4.90 Å². The van der Waals surface area contributed by atoms with E-state index in [1.165, 1.54) is 16.9 Å². The third kappa shape index (κ3) is 2.68. The molecule has 9 heteroatoms. The SMILES string of the molecule is Cn1nccc1C(=O)N1C[C@@H]2c3cc(-c4ccc(F)nc4)ccc3S(=O)(=O)[C@@H]2C1. The average molecular weight is 412 g/mol. The van der Waals surface area contributed by atoms with Crippen LogP contribution in [0.3, 0.4) is 0 Å². The molecule has 2 aliphatic heterocycles. The van der Waals surface area contributed by atoms with Gasteiger partial charge in [0, 0.05) is 44.0 Å². The van der Waals surface area contributed by atoms with E-state index in [0.29, 0.717) is 28.3 Å². The number of fused-ring (bicyclic) bond motifs is 3. The van der Waals surface area contributed by atoms with Crippen LogP contribution in [0.2, 0.25) is 0 Å². The zero-order valence-corrected chi connectivity index (χ0v) is 16.3. The van der Waals surface area contributed by atoms with Gasteiger partial charge in [-0.25, -0.2) is 13.4 Å². The molecule has 7 nitrogen and oxygen atoms in total. The molecule has 2 aromatic heterocycles. The van der Waals surface area contributed by atoms with Crippen LogP contribution in [0.15, 0.2) is 53.7 Å². The van der Waals surface area contributed by atoms with Crippen LogP contribution in [0, 0.1) is 5.95 Å². The van der Waals surface area contributed by atoms with E-state index in [1.54, 1.807) is 42.4 Å². The largest absolute Gasteiger partial charge is 0.335 e. The molecule has 0 spiro atoms. The zero-order chi connectivity index (χ0) is 20.3. The summed E-state index contributed by atoms with van der Waals surface area (Å²) in [4.78, 5) is 18.4. The number of benzene rings is 1. The summed E-state index contributed by atoms with van der Waals surface area (Å²) in [7, 11) is -1.85. The van der Waals surface area contributed by atoms with Gasteiger partial charge in [-0.3, -0.25) is 9.48 Å². The second-order valence-corrected chi connectivity index (χ2v) is 9.50. The van der Waals surface area contributed by atoms with Gasteiger partial charge in [0.05, 0.1) is 10.1 Å². The number of amides is 1. The molecule has 2 aliphatic rings. The molecule has 0 bridgehead atoms. The molecule has 3 aromatic rings. The Bertz CT molecular complexity index is 1240. The number of carbonyl (C=O) groups excluding carboxylic acids is 1. The van der Waals surface area contributed by atoms with Crippen LogP contribution in [-0.2, 0) is 16.9 Å². The van der Waals surface area contributed by atoms with Crippen molar-refractivity contribution < 1.29 is 17.6 Å². The van der Waals surface area contributed by atoms with E-state index >= 15 is 0 Å². The second kappa shape index (κ2) is 6.21. The number of carbonyl (C=O) groups is 1. The van der Waals surface area contributed by atoms with E-state index in [9.17, 15) is 17.6 Å². The van der Waals surface area contributed by atoms with Gasteiger partial charge in [0.2, 0.25) is 5.95 Å². The summed E-state index contributed by atoms with van der Waals surface area (Å²) in [5, 5.41) is 3.36. The Morgan fingerprint density at radius 2 is 1.93 bits per heavy atom. The van der Waals surface area contributed by atoms with Crippen molar-refractivity contribution in [1.82, 2.24) is 19.7 Å². The lowest BCUT2D eigenvalue weighted by atomic mass is 9.95. The van der Waals surface area contributed by atoms with Crippen molar-refractivity contribution in [1.29, 1.82) is 0 Å². The van der Waals surface area contributed by atoms with Crippen molar-refractivity contribution in [2.24, 2.45) is 7.05 Å². The molecule has 0 saturated carbocycles. The van der Waals surface area contributed by atoms with Gasteiger partial charge in [-0.1, -0.05) is 6.07 Å². The standard InChI is InChI=1S/C20H17FN4O3S/c1-24-16(6-7-23-24)20(26)25-10-15-14-8-12(13-3-5-19(21)22-9-13)2-4-17(14)29(27,28)18(15)11-25/h2-9,15,18H,10-11H2,1H3/t15-,18-/m1/s1.